The molecule has 0 unspecified atom stereocenters. The summed E-state index contributed by atoms with van der Waals surface area (Å²) in [6, 6.07) is -0.817. The molecular formula is C11H16BrN3O6. The van der Waals surface area contributed by atoms with Crippen LogP contribution in [0.5, 0.6) is 0 Å². The molecule has 10 heteroatoms. The molecule has 1 rings (SSSR count). The number of ether oxygens (including phenoxy) is 4. The Balaban J connectivity index is 3.01. The number of alkyl halides is 1. The minimum Gasteiger partial charge on any atom is -0.463 e. The molecule has 0 spiro atoms. The van der Waals surface area contributed by atoms with Crippen molar-refractivity contribution in [1.29, 1.82) is 0 Å². The third-order valence-corrected chi connectivity index (χ3v) is 3.55. The number of carbonyl (C=O) groups is 2. The van der Waals surface area contributed by atoms with E-state index in [1.807, 2.05) is 0 Å². The average Bonchev–Trinajstić information content (AvgIpc) is 2.39. The molecule has 0 radical (unpaired) electrons. The second-order valence-electron chi connectivity index (χ2n) is 4.30. The molecule has 0 bridgehead atoms. The first kappa shape index (κ1) is 17.7. The van der Waals surface area contributed by atoms with Crippen LogP contribution in [0.4, 0.5) is 0 Å². The van der Waals surface area contributed by atoms with Crippen molar-refractivity contribution < 1.29 is 28.5 Å². The number of nitrogens with zero attached hydrogens (tertiary/aromatic N) is 3. The number of halogens is 1. The molecule has 1 heterocycles. The van der Waals surface area contributed by atoms with Crippen LogP contribution in [0, 0.1) is 0 Å². The van der Waals surface area contributed by atoms with E-state index in [-0.39, 0.29) is 6.61 Å². The summed E-state index contributed by atoms with van der Waals surface area (Å²) in [5.41, 5.74) is 8.70. The Kier molecular flexibility index (Phi) is 6.90. The van der Waals surface area contributed by atoms with Crippen LogP contribution in [0.2, 0.25) is 0 Å². The van der Waals surface area contributed by atoms with Gasteiger partial charge in [0.1, 0.15) is 36.0 Å². The van der Waals surface area contributed by atoms with Crippen molar-refractivity contribution in [3.05, 3.63) is 10.4 Å². The van der Waals surface area contributed by atoms with E-state index in [9.17, 15) is 9.59 Å². The highest BCUT2D eigenvalue weighted by Crippen LogP contribution is 2.31. The van der Waals surface area contributed by atoms with Gasteiger partial charge in [-0.2, -0.15) is 0 Å². The Morgan fingerprint density at radius 1 is 1.33 bits per heavy atom. The summed E-state index contributed by atoms with van der Waals surface area (Å²) >= 11 is 3.26. The first-order valence-corrected chi connectivity index (χ1v) is 6.99. The lowest BCUT2D eigenvalue weighted by atomic mass is 9.98. The van der Waals surface area contributed by atoms with Gasteiger partial charge in [-0.05, 0) is 5.53 Å². The van der Waals surface area contributed by atoms with Crippen molar-refractivity contribution in [3.8, 4) is 0 Å². The van der Waals surface area contributed by atoms with E-state index in [0.29, 0.717) is 0 Å². The van der Waals surface area contributed by atoms with Gasteiger partial charge in [-0.25, -0.2) is 0 Å². The molecule has 1 saturated heterocycles. The number of esters is 2. The molecule has 0 aromatic carbocycles. The van der Waals surface area contributed by atoms with Crippen molar-refractivity contribution in [2.24, 2.45) is 5.11 Å². The number of methoxy groups -OCH3 is 1. The summed E-state index contributed by atoms with van der Waals surface area (Å²) < 4.78 is 20.8. The first-order valence-electron chi connectivity index (χ1n) is 6.07. The quantitative estimate of drug-likeness (QED) is 0.238. The predicted octanol–water partition coefficient (Wildman–Crippen LogP) is 1.29. The molecular weight excluding hydrogens is 350 g/mol. The van der Waals surface area contributed by atoms with Crippen LogP contribution in [-0.4, -0.2) is 55.0 Å². The molecule has 0 aliphatic carbocycles. The lowest BCUT2D eigenvalue weighted by molar-refractivity contribution is -0.195. The standard InChI is InChI=1S/C11H16BrN3O6/c1-5(16)19-4-7-9(20-6(2)17)8(14-15-13)10(18-3)11(12)21-7/h7-11H,4H2,1-3H3/t7-,8+,9+,10-,11+/m1/s1. The molecule has 0 amide bonds. The van der Waals surface area contributed by atoms with Crippen molar-refractivity contribution in [2.75, 3.05) is 13.7 Å². The Hall–Kier alpha value is -1.35. The Labute approximate surface area is 129 Å². The number of carbonyl (C=O) groups excluding carboxylic acids is 2. The third kappa shape index (κ3) is 4.85. The lowest BCUT2D eigenvalue weighted by Crippen LogP contribution is -2.58. The van der Waals surface area contributed by atoms with Crippen LogP contribution >= 0.6 is 15.9 Å². The molecule has 1 aliphatic heterocycles. The minimum atomic E-state index is -0.920. The molecule has 0 saturated carbocycles. The van der Waals surface area contributed by atoms with E-state index in [1.54, 1.807) is 0 Å². The Morgan fingerprint density at radius 2 is 2.00 bits per heavy atom. The van der Waals surface area contributed by atoms with E-state index >= 15 is 0 Å². The smallest absolute Gasteiger partial charge is 0.303 e. The fraction of sp³-hybridized carbons (Fsp3) is 0.818. The number of azide groups is 1. The van der Waals surface area contributed by atoms with E-state index in [2.05, 4.69) is 26.0 Å². The third-order valence-electron chi connectivity index (χ3n) is 2.81. The lowest BCUT2D eigenvalue weighted by Gasteiger charge is -2.41. The Bertz CT molecular complexity index is 442. The van der Waals surface area contributed by atoms with Gasteiger partial charge in [0.2, 0.25) is 0 Å². The van der Waals surface area contributed by atoms with E-state index < -0.39 is 41.3 Å². The van der Waals surface area contributed by atoms with Crippen LogP contribution < -0.4 is 0 Å². The zero-order valence-electron chi connectivity index (χ0n) is 11.8. The summed E-state index contributed by atoms with van der Waals surface area (Å²) in [7, 11) is 1.42. The van der Waals surface area contributed by atoms with Crippen LogP contribution in [0.3, 0.4) is 0 Å². The molecule has 9 nitrogen and oxygen atoms in total. The maximum atomic E-state index is 11.2. The maximum absolute atomic E-state index is 11.2. The minimum absolute atomic E-state index is 0.136. The van der Waals surface area contributed by atoms with E-state index in [1.165, 1.54) is 21.0 Å². The average molecular weight is 366 g/mol. The predicted molar refractivity (Wildman–Crippen MR) is 73.5 cm³/mol. The highest BCUT2D eigenvalue weighted by Gasteiger charge is 2.47. The zero-order chi connectivity index (χ0) is 16.0. The molecule has 0 N–H and O–H groups in total. The van der Waals surface area contributed by atoms with Crippen LogP contribution in [-0.2, 0) is 28.5 Å². The first-order chi connectivity index (χ1) is 9.90. The van der Waals surface area contributed by atoms with Gasteiger partial charge in [0.05, 0.1) is 0 Å². The largest absolute Gasteiger partial charge is 0.463 e. The monoisotopic (exact) mass is 365 g/mol. The fourth-order valence-electron chi connectivity index (χ4n) is 1.99. The molecule has 1 fully saturated rings. The van der Waals surface area contributed by atoms with E-state index in [4.69, 9.17) is 24.5 Å². The van der Waals surface area contributed by atoms with Gasteiger partial charge in [0.15, 0.2) is 0 Å². The van der Waals surface area contributed by atoms with Gasteiger partial charge in [0, 0.05) is 25.9 Å². The number of hydrogen-bond donors (Lipinski definition) is 0. The fourth-order valence-corrected chi connectivity index (χ4v) is 2.80. The highest BCUT2D eigenvalue weighted by molar-refractivity contribution is 9.09. The van der Waals surface area contributed by atoms with Crippen LogP contribution in [0.1, 0.15) is 13.8 Å². The summed E-state index contributed by atoms with van der Waals surface area (Å²) in [5, 5.41) is 3.02. The maximum Gasteiger partial charge on any atom is 0.303 e. The molecule has 118 valence electrons. The SMILES string of the molecule is CO[C@@H]1[C@@H](N=[N+]=[N-])[C@@H](OC(C)=O)[C@@H](COC(C)=O)O[C@@H]1Br. The van der Waals surface area contributed by atoms with Crippen molar-refractivity contribution in [2.45, 2.75) is 43.2 Å². The number of hydrogen-bond acceptors (Lipinski definition) is 7. The second kappa shape index (κ2) is 8.18. The molecule has 0 aromatic heterocycles. The van der Waals surface area contributed by atoms with Gasteiger partial charge in [0.25, 0.3) is 0 Å². The highest BCUT2D eigenvalue weighted by atomic mass is 79.9. The van der Waals surface area contributed by atoms with Crippen LogP contribution in [0.25, 0.3) is 10.4 Å². The normalized spacial score (nSPS) is 31.9. The van der Waals surface area contributed by atoms with Gasteiger partial charge >= 0.3 is 11.9 Å². The van der Waals surface area contributed by atoms with Gasteiger partial charge in [-0.1, -0.05) is 21.0 Å². The summed E-state index contributed by atoms with van der Waals surface area (Å²) in [4.78, 5) is 24.9. The molecule has 0 aromatic rings. The van der Waals surface area contributed by atoms with Gasteiger partial charge < -0.3 is 18.9 Å². The summed E-state index contributed by atoms with van der Waals surface area (Å²) in [6.07, 6.45) is -2.35. The zero-order valence-corrected chi connectivity index (χ0v) is 13.3. The van der Waals surface area contributed by atoms with Crippen molar-refractivity contribution >= 4 is 27.9 Å². The molecule has 21 heavy (non-hydrogen) atoms. The molecule has 1 aliphatic rings. The summed E-state index contributed by atoms with van der Waals surface area (Å²) in [6.45, 7) is 2.33. The van der Waals surface area contributed by atoms with Crippen molar-refractivity contribution in [3.63, 3.8) is 0 Å². The summed E-state index contributed by atoms with van der Waals surface area (Å²) in [5.74, 6) is -1.07. The van der Waals surface area contributed by atoms with Crippen molar-refractivity contribution in [1.82, 2.24) is 0 Å². The van der Waals surface area contributed by atoms with Crippen LogP contribution in [0.15, 0.2) is 5.11 Å². The van der Waals surface area contributed by atoms with E-state index in [0.717, 1.165) is 0 Å². The van der Waals surface area contributed by atoms with Gasteiger partial charge in [-0.3, -0.25) is 9.59 Å². The number of rotatable bonds is 5. The Morgan fingerprint density at radius 3 is 2.48 bits per heavy atom. The molecule has 5 atom stereocenters. The van der Waals surface area contributed by atoms with Gasteiger partial charge in [-0.15, -0.1) is 0 Å². The topological polar surface area (TPSA) is 120 Å². The second-order valence-corrected chi connectivity index (χ2v) is 5.20.